The van der Waals surface area contributed by atoms with E-state index in [1.165, 1.54) is 49.9 Å². The molecule has 6 nitrogen and oxygen atoms in total. The summed E-state index contributed by atoms with van der Waals surface area (Å²) in [7, 11) is -1.29. The highest BCUT2D eigenvalue weighted by Crippen LogP contribution is 2.24. The average Bonchev–Trinajstić information content (AvgIpc) is 2.95. The van der Waals surface area contributed by atoms with Crippen LogP contribution in [0.5, 0.6) is 0 Å². The lowest BCUT2D eigenvalue weighted by Gasteiger charge is -2.39. The molecule has 0 unspecified atom stereocenters. The van der Waals surface area contributed by atoms with Crippen molar-refractivity contribution in [3.05, 3.63) is 35.4 Å². The Hall–Kier alpha value is -0.870. The normalized spacial score (nSPS) is 22.1. The molecule has 0 amide bonds. The Morgan fingerprint density at radius 2 is 1.70 bits per heavy atom. The molecule has 0 saturated carbocycles. The summed E-state index contributed by atoms with van der Waals surface area (Å²) < 4.78 is 23.9. The number of hydrogen-bond donors (Lipinski definition) is 1. The van der Waals surface area contributed by atoms with Gasteiger partial charge in [0.1, 0.15) is 0 Å². The highest BCUT2D eigenvalue weighted by atomic mass is 127. The lowest BCUT2D eigenvalue weighted by Crippen LogP contribution is -2.57. The van der Waals surface area contributed by atoms with E-state index in [4.69, 9.17) is 0 Å². The van der Waals surface area contributed by atoms with Gasteiger partial charge in [-0.3, -0.25) is 9.89 Å². The van der Waals surface area contributed by atoms with Crippen molar-refractivity contribution < 1.29 is 8.42 Å². The monoisotopic (exact) mass is 548 g/mol. The number of hydrogen-bond acceptors (Lipinski definition) is 4. The van der Waals surface area contributed by atoms with Crippen LogP contribution in [0.4, 0.5) is 0 Å². The van der Waals surface area contributed by atoms with Crippen LogP contribution in [0.2, 0.25) is 0 Å². The van der Waals surface area contributed by atoms with Gasteiger partial charge in [-0.2, -0.15) is 0 Å². The van der Waals surface area contributed by atoms with E-state index in [-0.39, 0.29) is 29.7 Å². The Morgan fingerprint density at radius 1 is 1.07 bits per heavy atom. The zero-order chi connectivity index (χ0) is 20.9. The van der Waals surface area contributed by atoms with Crippen LogP contribution in [-0.2, 0) is 22.9 Å². The maximum atomic E-state index is 12.3. The molecule has 2 saturated heterocycles. The molecule has 8 heteroatoms. The van der Waals surface area contributed by atoms with E-state index in [1.54, 1.807) is 20.9 Å². The topological polar surface area (TPSA) is 65.0 Å². The Morgan fingerprint density at radius 3 is 2.30 bits per heavy atom. The summed E-state index contributed by atoms with van der Waals surface area (Å²) in [6.07, 6.45) is 5.28. The minimum Gasteiger partial charge on any atom is -0.352 e. The summed E-state index contributed by atoms with van der Waals surface area (Å²) in [5.74, 6) is 0.948. The van der Waals surface area contributed by atoms with Crippen LogP contribution in [0.25, 0.3) is 0 Å². The van der Waals surface area contributed by atoms with Crippen molar-refractivity contribution in [1.29, 1.82) is 0 Å². The fraction of sp³-hybridized carbons (Fsp3) is 0.682. The highest BCUT2D eigenvalue weighted by Gasteiger charge is 2.40. The van der Waals surface area contributed by atoms with Crippen LogP contribution in [-0.4, -0.2) is 67.9 Å². The van der Waals surface area contributed by atoms with E-state index < -0.39 is 14.6 Å². The van der Waals surface area contributed by atoms with Gasteiger partial charge in [0.05, 0.1) is 10.5 Å². The van der Waals surface area contributed by atoms with E-state index >= 15 is 0 Å². The van der Waals surface area contributed by atoms with Crippen LogP contribution in [0, 0.1) is 0 Å². The first kappa shape index (κ1) is 25.4. The van der Waals surface area contributed by atoms with Gasteiger partial charge in [0.15, 0.2) is 15.8 Å². The molecular weight excluding hydrogens is 511 g/mol. The predicted octanol–water partition coefficient (Wildman–Crippen LogP) is 3.27. The minimum absolute atomic E-state index is 0. The van der Waals surface area contributed by atoms with Gasteiger partial charge in [-0.25, -0.2) is 8.42 Å². The zero-order valence-corrected chi connectivity index (χ0v) is 21.7. The van der Waals surface area contributed by atoms with Gasteiger partial charge in [0, 0.05) is 33.2 Å². The summed E-state index contributed by atoms with van der Waals surface area (Å²) in [5, 5.41) is 3.47. The van der Waals surface area contributed by atoms with Crippen LogP contribution >= 0.6 is 24.0 Å². The summed E-state index contributed by atoms with van der Waals surface area (Å²) in [5.41, 5.74) is 2.64. The molecule has 170 valence electrons. The lowest BCUT2D eigenvalue weighted by molar-refractivity contribution is 0.276. The number of rotatable bonds is 4. The first-order chi connectivity index (χ1) is 13.8. The Bertz CT molecular complexity index is 818. The molecule has 3 rings (SSSR count). The maximum Gasteiger partial charge on any atom is 0.193 e. The SMILES string of the molecule is CN=C(NCc1ccccc1CN1CCCCCC1)N1CCS(=O)(=O)C(C)(C)C1.I. The van der Waals surface area contributed by atoms with E-state index in [1.807, 2.05) is 0 Å². The number of nitrogens with zero attached hydrogens (tertiary/aromatic N) is 3. The van der Waals surface area contributed by atoms with E-state index in [0.29, 0.717) is 19.6 Å². The van der Waals surface area contributed by atoms with Gasteiger partial charge in [0.2, 0.25) is 0 Å². The van der Waals surface area contributed by atoms with Crippen LogP contribution in [0.15, 0.2) is 29.3 Å². The summed E-state index contributed by atoms with van der Waals surface area (Å²) in [6.45, 7) is 8.61. The minimum atomic E-state index is -3.06. The second kappa shape index (κ2) is 11.1. The first-order valence-corrected chi connectivity index (χ1v) is 12.4. The zero-order valence-electron chi connectivity index (χ0n) is 18.6. The molecule has 1 N–H and O–H groups in total. The molecule has 0 radical (unpaired) electrons. The maximum absolute atomic E-state index is 12.3. The van der Waals surface area contributed by atoms with E-state index in [2.05, 4.69) is 44.4 Å². The van der Waals surface area contributed by atoms with E-state index in [0.717, 1.165) is 12.5 Å². The van der Waals surface area contributed by atoms with Crippen molar-refractivity contribution in [1.82, 2.24) is 15.1 Å². The Balaban J connectivity index is 0.00000320. The second-order valence-electron chi connectivity index (χ2n) is 8.86. The molecule has 0 atom stereocenters. The van der Waals surface area contributed by atoms with Gasteiger partial charge in [-0.05, 0) is 50.9 Å². The molecule has 1 aromatic rings. The molecule has 2 heterocycles. The van der Waals surface area contributed by atoms with Crippen molar-refractivity contribution in [3.63, 3.8) is 0 Å². The third-order valence-corrected chi connectivity index (χ3v) is 8.74. The van der Waals surface area contributed by atoms with Crippen molar-refractivity contribution in [3.8, 4) is 0 Å². The Labute approximate surface area is 199 Å². The van der Waals surface area contributed by atoms with Crippen LogP contribution in [0.1, 0.15) is 50.7 Å². The summed E-state index contributed by atoms with van der Waals surface area (Å²) in [6, 6.07) is 8.60. The van der Waals surface area contributed by atoms with Gasteiger partial charge >= 0.3 is 0 Å². The molecule has 2 fully saturated rings. The number of guanidine groups is 1. The molecule has 0 bridgehead atoms. The van der Waals surface area contributed by atoms with E-state index in [9.17, 15) is 8.42 Å². The number of nitrogens with one attached hydrogen (secondary N) is 1. The van der Waals surface area contributed by atoms with Crippen LogP contribution < -0.4 is 5.32 Å². The molecule has 30 heavy (non-hydrogen) atoms. The van der Waals surface area contributed by atoms with Gasteiger partial charge in [-0.15, -0.1) is 24.0 Å². The third kappa shape index (κ3) is 6.32. The fourth-order valence-electron chi connectivity index (χ4n) is 4.25. The highest BCUT2D eigenvalue weighted by molar-refractivity contribution is 14.0. The number of likely N-dealkylation sites (tertiary alicyclic amines) is 1. The second-order valence-corrected chi connectivity index (χ2v) is 11.6. The van der Waals surface area contributed by atoms with Crippen molar-refractivity contribution in [2.75, 3.05) is 39.0 Å². The lowest BCUT2D eigenvalue weighted by atomic mass is 10.1. The predicted molar refractivity (Wildman–Crippen MR) is 135 cm³/mol. The third-order valence-electron chi connectivity index (χ3n) is 6.20. The Kier molecular flexibility index (Phi) is 9.42. The number of aliphatic imine (C=N–C) groups is 1. The molecule has 0 aliphatic carbocycles. The largest absolute Gasteiger partial charge is 0.352 e. The van der Waals surface area contributed by atoms with Gasteiger partial charge in [-0.1, -0.05) is 37.1 Å². The number of benzene rings is 1. The molecule has 0 spiro atoms. The quantitative estimate of drug-likeness (QED) is 0.356. The molecule has 1 aromatic carbocycles. The van der Waals surface area contributed by atoms with Crippen molar-refractivity contribution in [2.24, 2.45) is 4.99 Å². The standard InChI is InChI=1S/C22H36N4O2S.HI/c1-22(2)18-26(14-15-29(22,27)28)21(23-3)24-16-19-10-6-7-11-20(19)17-25-12-8-4-5-9-13-25;/h6-7,10-11H,4-5,8-9,12-18H2,1-3H3,(H,23,24);1H. The smallest absolute Gasteiger partial charge is 0.193 e. The van der Waals surface area contributed by atoms with Gasteiger partial charge < -0.3 is 10.2 Å². The molecular formula is C22H37IN4O2S. The summed E-state index contributed by atoms with van der Waals surface area (Å²) in [4.78, 5) is 9.06. The van der Waals surface area contributed by atoms with Crippen molar-refractivity contribution in [2.45, 2.75) is 57.4 Å². The molecule has 0 aromatic heterocycles. The fourth-order valence-corrected chi connectivity index (χ4v) is 5.62. The average molecular weight is 549 g/mol. The summed E-state index contributed by atoms with van der Waals surface area (Å²) >= 11 is 0. The molecule has 2 aliphatic rings. The van der Waals surface area contributed by atoms with Crippen molar-refractivity contribution >= 4 is 39.8 Å². The number of halogens is 1. The number of sulfone groups is 1. The van der Waals surface area contributed by atoms with Crippen LogP contribution in [0.3, 0.4) is 0 Å². The molecule has 2 aliphatic heterocycles. The first-order valence-electron chi connectivity index (χ1n) is 10.8. The van der Waals surface area contributed by atoms with Gasteiger partial charge in [0.25, 0.3) is 0 Å².